The van der Waals surface area contributed by atoms with Crippen LogP contribution in [-0.2, 0) is 13.0 Å². The van der Waals surface area contributed by atoms with Crippen LogP contribution in [0.4, 0.5) is 0 Å². The van der Waals surface area contributed by atoms with Gasteiger partial charge < -0.3 is 4.48 Å². The molecule has 0 aliphatic carbocycles. The Balaban J connectivity index is -0.00000108. The number of hydrogen-bond acceptors (Lipinski definition) is 0. The van der Waals surface area contributed by atoms with E-state index in [1.807, 2.05) is 0 Å². The number of benzene rings is 1. The molecule has 0 aliphatic heterocycles. The zero-order chi connectivity index (χ0) is 13.8. The van der Waals surface area contributed by atoms with E-state index < -0.39 is 0 Å². The van der Waals surface area contributed by atoms with E-state index in [1.54, 1.807) is 0 Å². The van der Waals surface area contributed by atoms with Gasteiger partial charge in [-0.25, -0.2) is 0 Å². The van der Waals surface area contributed by atoms with Gasteiger partial charge in [0.2, 0.25) is 0 Å². The van der Waals surface area contributed by atoms with Crippen LogP contribution < -0.4 is 0 Å². The molecule has 0 atom stereocenters. The number of hydrogen-bond donors (Lipinski definition) is 0. The standard InChI is InChI=1S/C17H30N.3CH4/c1-7-15-8-10-16(11-9-15)14-18(5,6)13-12-17(2,3)4;;;/h8-11H,7,12-14H2,1-6H3;3*1H4/q+1;;;. The van der Waals surface area contributed by atoms with Gasteiger partial charge in [0.1, 0.15) is 6.54 Å². The Morgan fingerprint density at radius 2 is 1.29 bits per heavy atom. The smallest absolute Gasteiger partial charge is 0.104 e. The lowest BCUT2D eigenvalue weighted by molar-refractivity contribution is -0.904. The maximum absolute atomic E-state index is 2.33. The van der Waals surface area contributed by atoms with Crippen LogP contribution in [0.5, 0.6) is 0 Å². The summed E-state index contributed by atoms with van der Waals surface area (Å²) >= 11 is 0. The van der Waals surface area contributed by atoms with Crippen molar-refractivity contribution in [3.63, 3.8) is 0 Å². The van der Waals surface area contributed by atoms with E-state index in [9.17, 15) is 0 Å². The fourth-order valence-electron chi connectivity index (χ4n) is 2.09. The fourth-order valence-corrected chi connectivity index (χ4v) is 2.09. The Labute approximate surface area is 136 Å². The van der Waals surface area contributed by atoms with Gasteiger partial charge in [-0.3, -0.25) is 0 Å². The van der Waals surface area contributed by atoms with Crippen molar-refractivity contribution in [3.8, 4) is 0 Å². The maximum atomic E-state index is 2.33. The topological polar surface area (TPSA) is 0 Å². The van der Waals surface area contributed by atoms with Crippen LogP contribution in [0, 0.1) is 5.41 Å². The van der Waals surface area contributed by atoms with Crippen LogP contribution in [0.25, 0.3) is 0 Å². The highest BCUT2D eigenvalue weighted by molar-refractivity contribution is 5.21. The highest BCUT2D eigenvalue weighted by Gasteiger charge is 2.20. The van der Waals surface area contributed by atoms with Gasteiger partial charge in [0.25, 0.3) is 0 Å². The van der Waals surface area contributed by atoms with Crippen molar-refractivity contribution in [2.24, 2.45) is 5.41 Å². The summed E-state index contributed by atoms with van der Waals surface area (Å²) in [5.74, 6) is 0. The van der Waals surface area contributed by atoms with Gasteiger partial charge in [-0.15, -0.1) is 0 Å². The molecule has 0 aromatic heterocycles. The van der Waals surface area contributed by atoms with Gasteiger partial charge in [-0.05, 0) is 17.4 Å². The van der Waals surface area contributed by atoms with Crippen LogP contribution in [-0.4, -0.2) is 25.1 Å². The van der Waals surface area contributed by atoms with Crippen LogP contribution >= 0.6 is 0 Å². The van der Waals surface area contributed by atoms with Gasteiger partial charge in [0.15, 0.2) is 0 Å². The van der Waals surface area contributed by atoms with Crippen molar-refractivity contribution >= 4 is 0 Å². The molecule has 126 valence electrons. The first-order chi connectivity index (χ1) is 8.22. The number of nitrogens with zero attached hydrogens (tertiary/aromatic N) is 1. The molecule has 1 heteroatoms. The molecule has 0 bridgehead atoms. The summed E-state index contributed by atoms with van der Waals surface area (Å²) in [4.78, 5) is 0. The van der Waals surface area contributed by atoms with Gasteiger partial charge in [0, 0.05) is 12.0 Å². The molecule has 1 rings (SSSR count). The quantitative estimate of drug-likeness (QED) is 0.570. The molecule has 1 aromatic rings. The van der Waals surface area contributed by atoms with Crippen molar-refractivity contribution in [2.75, 3.05) is 20.6 Å². The molecular weight excluding hydrogens is 254 g/mol. The zero-order valence-electron chi connectivity index (χ0n) is 13.1. The maximum Gasteiger partial charge on any atom is 0.104 e. The van der Waals surface area contributed by atoms with Crippen LogP contribution in [0.3, 0.4) is 0 Å². The monoisotopic (exact) mass is 296 g/mol. The lowest BCUT2D eigenvalue weighted by Gasteiger charge is -2.32. The Kier molecular flexibility index (Phi) is 12.0. The predicted molar refractivity (Wildman–Crippen MR) is 101 cm³/mol. The fraction of sp³-hybridized carbons (Fsp3) is 0.700. The minimum Gasteiger partial charge on any atom is -0.325 e. The van der Waals surface area contributed by atoms with E-state index in [1.165, 1.54) is 24.1 Å². The summed E-state index contributed by atoms with van der Waals surface area (Å²) in [5.41, 5.74) is 3.31. The Morgan fingerprint density at radius 3 is 1.67 bits per heavy atom. The molecule has 1 nitrogen and oxygen atoms in total. The normalized spacial score (nSPS) is 11.0. The predicted octanol–water partition coefficient (Wildman–Crippen LogP) is 6.17. The second kappa shape index (κ2) is 10.00. The molecule has 0 saturated carbocycles. The third-order valence-electron chi connectivity index (χ3n) is 3.51. The third-order valence-corrected chi connectivity index (χ3v) is 3.51. The second-order valence-corrected chi connectivity index (χ2v) is 7.30. The van der Waals surface area contributed by atoms with Gasteiger partial charge in [-0.1, -0.05) is 74.2 Å². The summed E-state index contributed by atoms with van der Waals surface area (Å²) in [7, 11) is 4.67. The molecule has 21 heavy (non-hydrogen) atoms. The molecule has 0 radical (unpaired) electrons. The largest absolute Gasteiger partial charge is 0.325 e. The summed E-state index contributed by atoms with van der Waals surface area (Å²) in [6, 6.07) is 9.10. The molecule has 1 aromatic carbocycles. The van der Waals surface area contributed by atoms with Crippen molar-refractivity contribution in [1.82, 2.24) is 0 Å². The van der Waals surface area contributed by atoms with Crippen molar-refractivity contribution in [3.05, 3.63) is 35.4 Å². The van der Waals surface area contributed by atoms with Gasteiger partial charge in [0.05, 0.1) is 20.6 Å². The summed E-state index contributed by atoms with van der Waals surface area (Å²) in [6.07, 6.45) is 2.40. The zero-order valence-corrected chi connectivity index (χ0v) is 13.1. The second-order valence-electron chi connectivity index (χ2n) is 7.30. The Morgan fingerprint density at radius 1 is 0.857 bits per heavy atom. The first kappa shape index (κ1) is 25.2. The molecular formula is C20H42N+. The van der Waals surface area contributed by atoms with E-state index in [0.717, 1.165) is 17.4 Å². The number of rotatable bonds is 5. The van der Waals surface area contributed by atoms with Crippen molar-refractivity contribution in [1.29, 1.82) is 0 Å². The highest BCUT2D eigenvalue weighted by Crippen LogP contribution is 2.21. The average Bonchev–Trinajstić information content (AvgIpc) is 2.26. The summed E-state index contributed by atoms with van der Waals surface area (Å²) in [6.45, 7) is 11.5. The number of quaternary nitrogens is 1. The van der Waals surface area contributed by atoms with E-state index >= 15 is 0 Å². The summed E-state index contributed by atoms with van der Waals surface area (Å²) in [5, 5.41) is 0. The average molecular weight is 297 g/mol. The van der Waals surface area contributed by atoms with Crippen LogP contribution in [0.15, 0.2) is 24.3 Å². The minimum absolute atomic E-state index is 0. The molecule has 0 N–H and O–H groups in total. The third kappa shape index (κ3) is 10.5. The van der Waals surface area contributed by atoms with E-state index in [4.69, 9.17) is 0 Å². The molecule has 0 spiro atoms. The van der Waals surface area contributed by atoms with E-state index in [2.05, 4.69) is 66.1 Å². The first-order valence-electron chi connectivity index (χ1n) is 7.12. The highest BCUT2D eigenvalue weighted by atomic mass is 15.3. The van der Waals surface area contributed by atoms with Crippen LogP contribution in [0.1, 0.15) is 67.5 Å². The SMILES string of the molecule is C.C.C.CCc1ccc(C[N+](C)(C)CCC(C)(C)C)cc1. The van der Waals surface area contributed by atoms with E-state index in [0.29, 0.717) is 5.41 Å². The van der Waals surface area contributed by atoms with Crippen molar-refractivity contribution in [2.45, 2.75) is 69.4 Å². The summed E-state index contributed by atoms with van der Waals surface area (Å²) < 4.78 is 1.07. The molecule has 0 fully saturated rings. The first-order valence-corrected chi connectivity index (χ1v) is 7.12. The van der Waals surface area contributed by atoms with Crippen LogP contribution in [0.2, 0.25) is 0 Å². The van der Waals surface area contributed by atoms with Crippen molar-refractivity contribution < 1.29 is 4.48 Å². The lowest BCUT2D eigenvalue weighted by atomic mass is 9.92. The minimum atomic E-state index is 0. The molecule has 0 saturated heterocycles. The van der Waals surface area contributed by atoms with E-state index in [-0.39, 0.29) is 22.3 Å². The number of aryl methyl sites for hydroxylation is 1. The molecule has 0 heterocycles. The van der Waals surface area contributed by atoms with Gasteiger partial charge >= 0.3 is 0 Å². The Hall–Kier alpha value is -0.820. The lowest BCUT2D eigenvalue weighted by Crippen LogP contribution is -2.40. The van der Waals surface area contributed by atoms with Gasteiger partial charge in [-0.2, -0.15) is 0 Å². The Bertz CT molecular complexity index is 354. The molecule has 0 unspecified atom stereocenters. The molecule has 0 aliphatic rings. The molecule has 0 amide bonds.